The lowest BCUT2D eigenvalue weighted by Crippen LogP contribution is -2.32. The topological polar surface area (TPSA) is 97.8 Å². The van der Waals surface area contributed by atoms with Crippen LogP contribution >= 0.6 is 11.3 Å². The van der Waals surface area contributed by atoms with Gasteiger partial charge in [0.1, 0.15) is 4.88 Å². The Labute approximate surface area is 146 Å². The van der Waals surface area contributed by atoms with Crippen LogP contribution in [-0.4, -0.2) is 37.0 Å². The predicted octanol–water partition coefficient (Wildman–Crippen LogP) is 1.59. The molecule has 9 heteroatoms. The van der Waals surface area contributed by atoms with Crippen molar-refractivity contribution in [3.63, 3.8) is 0 Å². The van der Waals surface area contributed by atoms with E-state index in [0.717, 1.165) is 16.2 Å². The fourth-order valence-corrected chi connectivity index (χ4v) is 5.50. The van der Waals surface area contributed by atoms with Gasteiger partial charge in [0.15, 0.2) is 9.84 Å². The maximum atomic E-state index is 12.3. The highest BCUT2D eigenvalue weighted by molar-refractivity contribution is 7.90. The zero-order valence-corrected chi connectivity index (χ0v) is 14.4. The van der Waals surface area contributed by atoms with Crippen molar-refractivity contribution >= 4 is 39.0 Å². The van der Waals surface area contributed by atoms with Crippen LogP contribution in [0.4, 0.5) is 0 Å². The monoisotopic (exact) mass is 377 g/mol. The number of carbonyl (C=O) groups excluding carboxylic acids is 3. The zero-order chi connectivity index (χ0) is 17.8. The van der Waals surface area contributed by atoms with Crippen molar-refractivity contribution in [2.24, 2.45) is 0 Å². The number of imide groups is 1. The predicted molar refractivity (Wildman–Crippen MR) is 87.9 cm³/mol. The number of aryl methyl sites for hydroxylation is 1. The Balaban J connectivity index is 1.57. The molecule has 0 unspecified atom stereocenters. The van der Waals surface area contributed by atoms with Crippen LogP contribution in [0.15, 0.2) is 30.3 Å². The van der Waals surface area contributed by atoms with Crippen molar-refractivity contribution in [1.82, 2.24) is 5.06 Å². The molecule has 0 bridgehead atoms. The van der Waals surface area contributed by atoms with Crippen LogP contribution < -0.4 is 0 Å². The highest BCUT2D eigenvalue weighted by atomic mass is 32.2. The number of fused-ring (bicyclic) bond motifs is 2. The largest absolute Gasteiger partial charge is 0.373 e. The Hall–Kier alpha value is -2.52. The first kappa shape index (κ1) is 16.0. The van der Waals surface area contributed by atoms with Crippen molar-refractivity contribution in [1.29, 1.82) is 0 Å². The highest BCUT2D eigenvalue weighted by Crippen LogP contribution is 2.30. The molecule has 2 amide bonds. The van der Waals surface area contributed by atoms with Crippen LogP contribution in [0.25, 0.3) is 0 Å². The molecule has 0 N–H and O–H groups in total. The molecule has 1 aromatic carbocycles. The third kappa shape index (κ3) is 2.65. The highest BCUT2D eigenvalue weighted by Gasteiger charge is 2.39. The number of hydroxylamine groups is 2. The molecule has 0 spiro atoms. The Morgan fingerprint density at radius 1 is 1.12 bits per heavy atom. The van der Waals surface area contributed by atoms with Crippen molar-refractivity contribution in [3.05, 3.63) is 56.8 Å². The van der Waals surface area contributed by atoms with Crippen molar-refractivity contribution in [2.45, 2.75) is 12.2 Å². The summed E-state index contributed by atoms with van der Waals surface area (Å²) < 4.78 is 23.3. The quantitative estimate of drug-likeness (QED) is 0.737. The molecule has 0 saturated heterocycles. The van der Waals surface area contributed by atoms with Crippen molar-refractivity contribution in [3.8, 4) is 0 Å². The summed E-state index contributed by atoms with van der Waals surface area (Å²) in [5.41, 5.74) is 0.930. The number of hydrogen-bond donors (Lipinski definition) is 0. The molecule has 0 saturated carbocycles. The number of amides is 2. The average molecular weight is 377 g/mol. The van der Waals surface area contributed by atoms with E-state index in [1.165, 1.54) is 18.2 Å². The summed E-state index contributed by atoms with van der Waals surface area (Å²) in [7, 11) is -3.15. The maximum absolute atomic E-state index is 12.3. The van der Waals surface area contributed by atoms with E-state index in [9.17, 15) is 22.8 Å². The Morgan fingerprint density at radius 2 is 1.76 bits per heavy atom. The molecule has 2 aromatic rings. The van der Waals surface area contributed by atoms with E-state index < -0.39 is 27.6 Å². The lowest BCUT2D eigenvalue weighted by atomic mass is 10.1. The van der Waals surface area contributed by atoms with E-state index in [2.05, 4.69) is 0 Å². The Kier molecular flexibility index (Phi) is 3.51. The van der Waals surface area contributed by atoms with Crippen LogP contribution in [0.5, 0.6) is 0 Å². The van der Waals surface area contributed by atoms with E-state index in [0.29, 0.717) is 17.0 Å². The van der Waals surface area contributed by atoms with Crippen LogP contribution in [0.1, 0.15) is 40.8 Å². The normalized spacial score (nSPS) is 18.0. The van der Waals surface area contributed by atoms with E-state index >= 15 is 0 Å². The number of sulfone groups is 1. The molecular weight excluding hydrogens is 366 g/mol. The van der Waals surface area contributed by atoms with Gasteiger partial charge in [-0.05, 0) is 30.2 Å². The molecule has 128 valence electrons. The first-order valence-corrected chi connectivity index (χ1v) is 10.0. The van der Waals surface area contributed by atoms with Gasteiger partial charge in [0.2, 0.25) is 0 Å². The molecule has 7 nitrogen and oxygen atoms in total. The molecule has 0 radical (unpaired) electrons. The summed E-state index contributed by atoms with van der Waals surface area (Å²) >= 11 is 1.13. The van der Waals surface area contributed by atoms with Gasteiger partial charge in [-0.1, -0.05) is 17.2 Å². The summed E-state index contributed by atoms with van der Waals surface area (Å²) in [6, 6.07) is 7.65. The van der Waals surface area contributed by atoms with E-state index in [-0.39, 0.29) is 27.5 Å². The minimum absolute atomic E-state index is 0.0490. The maximum Gasteiger partial charge on any atom is 0.373 e. The molecule has 0 fully saturated rings. The van der Waals surface area contributed by atoms with Crippen LogP contribution in [0.3, 0.4) is 0 Å². The van der Waals surface area contributed by atoms with Gasteiger partial charge in [0, 0.05) is 4.88 Å². The first-order chi connectivity index (χ1) is 11.9. The van der Waals surface area contributed by atoms with Gasteiger partial charge >= 0.3 is 5.97 Å². The second-order valence-electron chi connectivity index (χ2n) is 5.73. The smallest absolute Gasteiger partial charge is 0.323 e. The number of hydrogen-bond acceptors (Lipinski definition) is 7. The van der Waals surface area contributed by atoms with E-state index in [4.69, 9.17) is 4.84 Å². The molecule has 4 rings (SSSR count). The number of thiophene rings is 1. The van der Waals surface area contributed by atoms with Crippen LogP contribution in [0, 0.1) is 0 Å². The fourth-order valence-electron chi connectivity index (χ4n) is 2.84. The molecule has 0 aliphatic carbocycles. The van der Waals surface area contributed by atoms with E-state index in [1.807, 2.05) is 0 Å². The summed E-state index contributed by atoms with van der Waals surface area (Å²) in [6.07, 6.45) is 0.350. The van der Waals surface area contributed by atoms with Crippen molar-refractivity contribution in [2.75, 3.05) is 5.75 Å². The number of nitrogens with zero attached hydrogens (tertiary/aromatic N) is 1. The molecule has 1 aromatic heterocycles. The van der Waals surface area contributed by atoms with Gasteiger partial charge in [0.25, 0.3) is 11.8 Å². The van der Waals surface area contributed by atoms with Crippen LogP contribution in [-0.2, 0) is 26.8 Å². The minimum Gasteiger partial charge on any atom is -0.323 e. The van der Waals surface area contributed by atoms with Gasteiger partial charge in [-0.3, -0.25) is 9.59 Å². The zero-order valence-electron chi connectivity index (χ0n) is 12.7. The second-order valence-corrected chi connectivity index (χ2v) is 9.05. The van der Waals surface area contributed by atoms with Crippen molar-refractivity contribution < 1.29 is 27.6 Å². The molecule has 0 atom stereocenters. The Morgan fingerprint density at radius 3 is 2.40 bits per heavy atom. The molecular formula is C16H11NO6S2. The third-order valence-corrected chi connectivity index (χ3v) is 6.84. The Bertz CT molecular complexity index is 1000. The van der Waals surface area contributed by atoms with Gasteiger partial charge in [-0.15, -0.1) is 11.3 Å². The number of carbonyl (C=O) groups is 3. The molecule has 2 aliphatic heterocycles. The molecule has 2 aliphatic rings. The number of benzene rings is 1. The molecule has 3 heterocycles. The summed E-state index contributed by atoms with van der Waals surface area (Å²) in [5.74, 6) is -2.31. The summed E-state index contributed by atoms with van der Waals surface area (Å²) in [5, 5.41) is 0.447. The van der Waals surface area contributed by atoms with Gasteiger partial charge in [-0.25, -0.2) is 13.2 Å². The summed E-state index contributed by atoms with van der Waals surface area (Å²) in [4.78, 5) is 42.7. The fraction of sp³-hybridized carbons (Fsp3) is 0.188. The second kappa shape index (κ2) is 5.50. The lowest BCUT2D eigenvalue weighted by Gasteiger charge is -2.11. The minimum atomic E-state index is -3.15. The van der Waals surface area contributed by atoms with E-state index in [1.54, 1.807) is 12.1 Å². The van der Waals surface area contributed by atoms with Crippen LogP contribution in [0.2, 0.25) is 0 Å². The average Bonchev–Trinajstić information content (AvgIpc) is 3.09. The lowest BCUT2D eigenvalue weighted by molar-refractivity contribution is -0.0581. The SMILES string of the molecule is O=C(ON1C(=O)c2ccccc2C1=O)c1cc2c(s1)CCS(=O)(=O)C2. The summed E-state index contributed by atoms with van der Waals surface area (Å²) in [6.45, 7) is 0. The first-order valence-electron chi connectivity index (χ1n) is 7.38. The van der Waals surface area contributed by atoms with Gasteiger partial charge < -0.3 is 4.84 Å². The van der Waals surface area contributed by atoms with Gasteiger partial charge in [0.05, 0.1) is 22.6 Å². The number of rotatable bonds is 2. The third-order valence-electron chi connectivity index (χ3n) is 4.04. The van der Waals surface area contributed by atoms with Gasteiger partial charge in [-0.2, -0.15) is 0 Å². The standard InChI is InChI=1S/C16H11NO6S2/c18-14-10-3-1-2-4-11(10)15(19)17(14)23-16(20)13-7-9-8-25(21,22)6-5-12(9)24-13/h1-4,7H,5-6,8H2. The molecule has 25 heavy (non-hydrogen) atoms.